The number of halogens is 1. The van der Waals surface area contributed by atoms with Crippen LogP contribution in [0.25, 0.3) is 0 Å². The molecule has 26 heavy (non-hydrogen) atoms. The van der Waals surface area contributed by atoms with Crippen LogP contribution in [0.3, 0.4) is 0 Å². The van der Waals surface area contributed by atoms with Crippen molar-refractivity contribution < 1.29 is 14.5 Å². The van der Waals surface area contributed by atoms with Crippen LogP contribution in [-0.4, -0.2) is 22.5 Å². The molecule has 0 bridgehead atoms. The first-order valence-corrected chi connectivity index (χ1v) is 9.04. The van der Waals surface area contributed by atoms with Gasteiger partial charge in [-0.1, -0.05) is 17.7 Å². The highest BCUT2D eigenvalue weighted by molar-refractivity contribution is 7.99. The molecule has 0 fully saturated rings. The Hall–Kier alpha value is -2.58. The fourth-order valence-corrected chi connectivity index (χ4v) is 2.95. The Morgan fingerprint density at radius 1 is 1.12 bits per heavy atom. The van der Waals surface area contributed by atoms with Gasteiger partial charge in [-0.25, -0.2) is 0 Å². The number of hydrazine groups is 1. The Bertz CT molecular complexity index is 799. The van der Waals surface area contributed by atoms with E-state index in [0.29, 0.717) is 11.4 Å². The van der Waals surface area contributed by atoms with Crippen molar-refractivity contribution in [3.05, 3.63) is 69.2 Å². The highest BCUT2D eigenvalue weighted by Gasteiger charge is 2.12. The fourth-order valence-electron chi connectivity index (χ4n) is 1.98. The van der Waals surface area contributed by atoms with Crippen LogP contribution in [0.4, 0.5) is 5.69 Å². The molecule has 136 valence electrons. The average Bonchev–Trinajstić information content (AvgIpc) is 2.64. The molecule has 0 aliphatic rings. The van der Waals surface area contributed by atoms with Crippen LogP contribution < -0.4 is 10.9 Å². The van der Waals surface area contributed by atoms with Crippen LogP contribution in [0.2, 0.25) is 5.02 Å². The van der Waals surface area contributed by atoms with Gasteiger partial charge in [-0.15, -0.1) is 11.8 Å². The lowest BCUT2D eigenvalue weighted by Gasteiger charge is -2.07. The van der Waals surface area contributed by atoms with Crippen LogP contribution in [-0.2, 0) is 4.79 Å². The molecular weight excluding hydrogens is 378 g/mol. The second-order valence-corrected chi connectivity index (χ2v) is 6.82. The summed E-state index contributed by atoms with van der Waals surface area (Å²) in [6.45, 7) is 0. The van der Waals surface area contributed by atoms with E-state index in [9.17, 15) is 19.7 Å². The summed E-state index contributed by atoms with van der Waals surface area (Å²) in [5.41, 5.74) is 4.45. The summed E-state index contributed by atoms with van der Waals surface area (Å²) in [5, 5.41) is 11.4. The molecule has 2 aromatic rings. The minimum atomic E-state index is -0.613. The summed E-state index contributed by atoms with van der Waals surface area (Å²) in [5.74, 6) is -0.202. The van der Waals surface area contributed by atoms with Gasteiger partial charge in [-0.2, -0.15) is 0 Å². The smallest absolute Gasteiger partial charge is 0.270 e. The molecule has 0 aromatic heterocycles. The first-order valence-electron chi connectivity index (χ1n) is 7.68. The van der Waals surface area contributed by atoms with E-state index in [0.717, 1.165) is 16.7 Å². The van der Waals surface area contributed by atoms with E-state index in [2.05, 4.69) is 10.9 Å². The molecule has 2 amide bonds. The lowest BCUT2D eigenvalue weighted by molar-refractivity contribution is -0.384. The topological polar surface area (TPSA) is 101 Å². The predicted molar refractivity (Wildman–Crippen MR) is 100 cm³/mol. The molecule has 0 aliphatic carbocycles. The number of carbonyl (C=O) groups excluding carboxylic acids is 2. The number of thioether (sulfide) groups is 1. The van der Waals surface area contributed by atoms with Crippen molar-refractivity contribution in [1.82, 2.24) is 10.9 Å². The summed E-state index contributed by atoms with van der Waals surface area (Å²) >= 11 is 7.42. The Labute approximate surface area is 159 Å². The second kappa shape index (κ2) is 9.79. The summed E-state index contributed by atoms with van der Waals surface area (Å²) < 4.78 is 0. The zero-order valence-corrected chi connectivity index (χ0v) is 15.2. The maximum Gasteiger partial charge on any atom is 0.270 e. The summed E-state index contributed by atoms with van der Waals surface area (Å²) in [4.78, 5) is 34.8. The number of benzene rings is 2. The van der Waals surface area contributed by atoms with Gasteiger partial charge in [0.05, 0.1) is 4.92 Å². The number of non-ortho nitro benzene ring substituents is 1. The van der Waals surface area contributed by atoms with Crippen molar-refractivity contribution >= 4 is 40.9 Å². The van der Waals surface area contributed by atoms with Gasteiger partial charge in [0.1, 0.15) is 0 Å². The van der Waals surface area contributed by atoms with Crippen molar-refractivity contribution in [2.45, 2.75) is 17.7 Å². The number of amides is 2. The van der Waals surface area contributed by atoms with Gasteiger partial charge in [0, 0.05) is 34.0 Å². The molecule has 0 saturated heterocycles. The third-order valence-corrected chi connectivity index (χ3v) is 4.62. The number of hydrogen-bond acceptors (Lipinski definition) is 5. The number of nitrogens with one attached hydrogen (secondary N) is 2. The van der Waals surface area contributed by atoms with Crippen LogP contribution in [0.15, 0.2) is 53.4 Å². The molecule has 0 unspecified atom stereocenters. The van der Waals surface area contributed by atoms with Crippen molar-refractivity contribution in [2.75, 3.05) is 5.75 Å². The molecule has 9 heteroatoms. The van der Waals surface area contributed by atoms with E-state index >= 15 is 0 Å². The highest BCUT2D eigenvalue weighted by atomic mass is 35.5. The van der Waals surface area contributed by atoms with E-state index in [-0.39, 0.29) is 23.6 Å². The van der Waals surface area contributed by atoms with E-state index < -0.39 is 10.8 Å². The van der Waals surface area contributed by atoms with Gasteiger partial charge in [0.25, 0.3) is 11.6 Å². The minimum Gasteiger partial charge on any atom is -0.273 e. The summed E-state index contributed by atoms with van der Waals surface area (Å²) in [6.07, 6.45) is 0.877. The highest BCUT2D eigenvalue weighted by Crippen LogP contribution is 2.21. The van der Waals surface area contributed by atoms with Gasteiger partial charge in [-0.3, -0.25) is 30.6 Å². The fraction of sp³-hybridized carbons (Fsp3) is 0.176. The summed E-state index contributed by atoms with van der Waals surface area (Å²) in [7, 11) is 0. The van der Waals surface area contributed by atoms with Crippen molar-refractivity contribution in [3.8, 4) is 0 Å². The minimum absolute atomic E-state index is 0.0952. The van der Waals surface area contributed by atoms with E-state index in [1.807, 2.05) is 12.1 Å². The molecule has 0 radical (unpaired) electrons. The van der Waals surface area contributed by atoms with E-state index in [4.69, 9.17) is 11.6 Å². The van der Waals surface area contributed by atoms with E-state index in [1.165, 1.54) is 18.2 Å². The Kier molecular flexibility index (Phi) is 7.43. The van der Waals surface area contributed by atoms with E-state index in [1.54, 1.807) is 23.9 Å². The number of nitrogens with zero attached hydrogens (tertiary/aromatic N) is 1. The van der Waals surface area contributed by atoms with Gasteiger partial charge in [0.15, 0.2) is 0 Å². The Balaban J connectivity index is 1.69. The lowest BCUT2D eigenvalue weighted by Crippen LogP contribution is -2.41. The van der Waals surface area contributed by atoms with Crippen molar-refractivity contribution in [1.29, 1.82) is 0 Å². The lowest BCUT2D eigenvalue weighted by atomic mass is 10.2. The monoisotopic (exact) mass is 393 g/mol. The quantitative estimate of drug-likeness (QED) is 0.324. The molecule has 2 rings (SSSR count). The maximum absolute atomic E-state index is 11.9. The molecule has 0 spiro atoms. The van der Waals surface area contributed by atoms with Crippen LogP contribution in [0, 0.1) is 10.1 Å². The van der Waals surface area contributed by atoms with Gasteiger partial charge >= 0.3 is 0 Å². The molecule has 0 atom stereocenters. The largest absolute Gasteiger partial charge is 0.273 e. The summed E-state index contributed by atoms with van der Waals surface area (Å²) in [6, 6.07) is 12.7. The standard InChI is InChI=1S/C17H16ClN3O4S/c18-13-6-8-15(9-7-13)26-10-2-5-16(22)19-20-17(23)12-3-1-4-14(11-12)21(24)25/h1,3-4,6-9,11H,2,5,10H2,(H,19,22)(H,20,23). The molecule has 7 nitrogen and oxygen atoms in total. The van der Waals surface area contributed by atoms with Crippen LogP contribution >= 0.6 is 23.4 Å². The van der Waals surface area contributed by atoms with Crippen molar-refractivity contribution in [2.24, 2.45) is 0 Å². The Morgan fingerprint density at radius 3 is 2.54 bits per heavy atom. The first kappa shape index (κ1) is 19.7. The van der Waals surface area contributed by atoms with Gasteiger partial charge < -0.3 is 0 Å². The van der Waals surface area contributed by atoms with Gasteiger partial charge in [0.2, 0.25) is 5.91 Å². The predicted octanol–water partition coefficient (Wildman–Crippen LogP) is 3.58. The zero-order chi connectivity index (χ0) is 18.9. The SMILES string of the molecule is O=C(CCCSc1ccc(Cl)cc1)NNC(=O)c1cccc([N+](=O)[O-])c1. The first-order chi connectivity index (χ1) is 12.5. The maximum atomic E-state index is 11.9. The number of nitro groups is 1. The van der Waals surface area contributed by atoms with Crippen molar-refractivity contribution in [3.63, 3.8) is 0 Å². The van der Waals surface area contributed by atoms with Crippen LogP contribution in [0.1, 0.15) is 23.2 Å². The number of nitro benzene ring substituents is 1. The number of carbonyl (C=O) groups is 2. The normalized spacial score (nSPS) is 10.2. The average molecular weight is 394 g/mol. The Morgan fingerprint density at radius 2 is 1.85 bits per heavy atom. The molecular formula is C17H16ClN3O4S. The third-order valence-electron chi connectivity index (χ3n) is 3.27. The second-order valence-electron chi connectivity index (χ2n) is 5.22. The molecule has 0 aliphatic heterocycles. The number of hydrogen-bond donors (Lipinski definition) is 2. The molecule has 2 aromatic carbocycles. The zero-order valence-electron chi connectivity index (χ0n) is 13.6. The molecule has 0 saturated carbocycles. The molecule has 0 heterocycles. The third kappa shape index (κ3) is 6.38. The molecule has 2 N–H and O–H groups in total. The van der Waals surface area contributed by atoms with Gasteiger partial charge in [-0.05, 0) is 42.5 Å². The number of rotatable bonds is 7. The van der Waals surface area contributed by atoms with Crippen LogP contribution in [0.5, 0.6) is 0 Å².